The number of nitrogens with zero attached hydrogens (tertiary/aromatic N) is 1. The van der Waals surface area contributed by atoms with Crippen molar-refractivity contribution in [3.63, 3.8) is 0 Å². The smallest absolute Gasteiger partial charge is 0.119 e. The number of hydrogen-bond acceptors (Lipinski definition) is 2. The van der Waals surface area contributed by atoms with Gasteiger partial charge in [-0.25, -0.2) is 0 Å². The van der Waals surface area contributed by atoms with Crippen LogP contribution in [0.1, 0.15) is 13.3 Å². The van der Waals surface area contributed by atoms with Crippen LogP contribution in [-0.2, 0) is 0 Å². The van der Waals surface area contributed by atoms with Crippen LogP contribution in [0.2, 0.25) is 0 Å². The van der Waals surface area contributed by atoms with Gasteiger partial charge in [-0.15, -0.1) is 0 Å². The Bertz CT molecular complexity index is 241. The van der Waals surface area contributed by atoms with Gasteiger partial charge in [-0.2, -0.15) is 0 Å². The summed E-state index contributed by atoms with van der Waals surface area (Å²) in [4.78, 5) is 2.07. The Kier molecular flexibility index (Phi) is 3.62. The lowest BCUT2D eigenvalue weighted by Crippen LogP contribution is -2.08. The van der Waals surface area contributed by atoms with Gasteiger partial charge < -0.3 is 9.64 Å². The van der Waals surface area contributed by atoms with E-state index in [9.17, 15) is 0 Å². The fourth-order valence-electron chi connectivity index (χ4n) is 1.06. The summed E-state index contributed by atoms with van der Waals surface area (Å²) in [7, 11) is 4.06. The van der Waals surface area contributed by atoms with Crippen LogP contribution in [-0.4, -0.2) is 20.7 Å². The minimum atomic E-state index is 0.793. The van der Waals surface area contributed by atoms with Gasteiger partial charge in [-0.05, 0) is 30.7 Å². The highest BCUT2D eigenvalue weighted by atomic mass is 16.5. The van der Waals surface area contributed by atoms with Crippen molar-refractivity contribution in [1.82, 2.24) is 0 Å². The van der Waals surface area contributed by atoms with Crippen molar-refractivity contribution in [2.45, 2.75) is 13.3 Å². The van der Waals surface area contributed by atoms with Crippen molar-refractivity contribution in [3.05, 3.63) is 24.3 Å². The summed E-state index contributed by atoms with van der Waals surface area (Å²) in [6.45, 7) is 2.90. The normalized spacial score (nSPS) is 9.77. The Balaban J connectivity index is 2.59. The van der Waals surface area contributed by atoms with Gasteiger partial charge in [0, 0.05) is 19.8 Å². The molecule has 1 aromatic carbocycles. The van der Waals surface area contributed by atoms with E-state index in [1.165, 1.54) is 5.69 Å². The highest BCUT2D eigenvalue weighted by Crippen LogP contribution is 2.17. The lowest BCUT2D eigenvalue weighted by atomic mass is 10.3. The zero-order chi connectivity index (χ0) is 9.68. The van der Waals surface area contributed by atoms with Crippen LogP contribution in [0.4, 0.5) is 5.69 Å². The van der Waals surface area contributed by atoms with Crippen molar-refractivity contribution in [2.24, 2.45) is 0 Å². The molecule has 1 aromatic rings. The lowest BCUT2D eigenvalue weighted by molar-refractivity contribution is 0.317. The Hall–Kier alpha value is -1.18. The summed E-state index contributed by atoms with van der Waals surface area (Å²) >= 11 is 0. The second-order valence-electron chi connectivity index (χ2n) is 3.24. The molecule has 0 atom stereocenters. The number of hydrogen-bond donors (Lipinski definition) is 0. The van der Waals surface area contributed by atoms with Gasteiger partial charge in [0.1, 0.15) is 5.75 Å². The molecule has 0 aliphatic carbocycles. The monoisotopic (exact) mass is 179 g/mol. The van der Waals surface area contributed by atoms with Crippen molar-refractivity contribution >= 4 is 5.69 Å². The second-order valence-corrected chi connectivity index (χ2v) is 3.24. The Labute approximate surface area is 80.1 Å². The average Bonchev–Trinajstić information content (AvgIpc) is 2.15. The molecule has 0 amide bonds. The van der Waals surface area contributed by atoms with Crippen molar-refractivity contribution in [1.29, 1.82) is 0 Å². The van der Waals surface area contributed by atoms with Crippen LogP contribution >= 0.6 is 0 Å². The summed E-state index contributed by atoms with van der Waals surface area (Å²) in [6.07, 6.45) is 1.05. The molecule has 0 aromatic heterocycles. The van der Waals surface area contributed by atoms with E-state index < -0.39 is 0 Å². The third kappa shape index (κ3) is 2.98. The maximum absolute atomic E-state index is 5.47. The Morgan fingerprint density at radius 1 is 1.15 bits per heavy atom. The average molecular weight is 179 g/mol. The maximum Gasteiger partial charge on any atom is 0.119 e. The number of benzene rings is 1. The molecule has 0 aliphatic rings. The van der Waals surface area contributed by atoms with Crippen molar-refractivity contribution < 1.29 is 4.74 Å². The topological polar surface area (TPSA) is 12.5 Å². The van der Waals surface area contributed by atoms with Crippen molar-refractivity contribution in [2.75, 3.05) is 25.6 Å². The second kappa shape index (κ2) is 4.75. The lowest BCUT2D eigenvalue weighted by Gasteiger charge is -2.12. The summed E-state index contributed by atoms with van der Waals surface area (Å²) < 4.78 is 5.47. The molecule has 0 fully saturated rings. The molecule has 0 saturated carbocycles. The minimum Gasteiger partial charge on any atom is -0.494 e. The molecule has 72 valence electrons. The first kappa shape index (κ1) is 9.90. The van der Waals surface area contributed by atoms with Gasteiger partial charge in [0.2, 0.25) is 0 Å². The first-order chi connectivity index (χ1) is 6.24. The van der Waals surface area contributed by atoms with E-state index in [0.29, 0.717) is 0 Å². The molecule has 1 rings (SSSR count). The summed E-state index contributed by atoms with van der Waals surface area (Å²) in [5.41, 5.74) is 1.20. The Morgan fingerprint density at radius 2 is 1.77 bits per heavy atom. The molecular weight excluding hydrogens is 162 g/mol. The van der Waals surface area contributed by atoms with Crippen LogP contribution in [0.15, 0.2) is 24.3 Å². The van der Waals surface area contributed by atoms with E-state index in [0.717, 1.165) is 18.8 Å². The van der Waals surface area contributed by atoms with Crippen LogP contribution in [0.5, 0.6) is 5.75 Å². The molecule has 0 saturated heterocycles. The van der Waals surface area contributed by atoms with Crippen LogP contribution < -0.4 is 9.64 Å². The highest BCUT2D eigenvalue weighted by molar-refractivity contribution is 5.47. The van der Waals surface area contributed by atoms with Gasteiger partial charge in [-0.1, -0.05) is 6.92 Å². The highest BCUT2D eigenvalue weighted by Gasteiger charge is 1.95. The molecule has 0 radical (unpaired) electrons. The summed E-state index contributed by atoms with van der Waals surface area (Å²) in [5, 5.41) is 0. The molecule has 13 heavy (non-hydrogen) atoms. The first-order valence-electron chi connectivity index (χ1n) is 4.64. The molecule has 2 nitrogen and oxygen atoms in total. The molecule has 0 aliphatic heterocycles. The van der Waals surface area contributed by atoms with Crippen LogP contribution in [0, 0.1) is 0 Å². The molecule has 0 spiro atoms. The molecule has 0 heterocycles. The molecule has 2 heteroatoms. The third-order valence-electron chi connectivity index (χ3n) is 1.83. The van der Waals surface area contributed by atoms with Gasteiger partial charge in [0.25, 0.3) is 0 Å². The Morgan fingerprint density at radius 3 is 2.23 bits per heavy atom. The van der Waals surface area contributed by atoms with Gasteiger partial charge >= 0.3 is 0 Å². The van der Waals surface area contributed by atoms with E-state index in [2.05, 4.69) is 24.0 Å². The summed E-state index contributed by atoms with van der Waals surface area (Å²) in [5.74, 6) is 0.951. The number of anilines is 1. The van der Waals surface area contributed by atoms with E-state index in [-0.39, 0.29) is 0 Å². The molecule has 0 unspecified atom stereocenters. The van der Waals surface area contributed by atoms with Gasteiger partial charge in [0.05, 0.1) is 6.61 Å². The van der Waals surface area contributed by atoms with Gasteiger partial charge in [-0.3, -0.25) is 0 Å². The van der Waals surface area contributed by atoms with Crippen LogP contribution in [0.3, 0.4) is 0 Å². The third-order valence-corrected chi connectivity index (χ3v) is 1.83. The van der Waals surface area contributed by atoms with Crippen LogP contribution in [0.25, 0.3) is 0 Å². The quantitative estimate of drug-likeness (QED) is 0.704. The SMILES string of the molecule is CCCOc1ccc(N(C)C)cc1. The maximum atomic E-state index is 5.47. The van der Waals surface area contributed by atoms with Gasteiger partial charge in [0.15, 0.2) is 0 Å². The number of rotatable bonds is 4. The van der Waals surface area contributed by atoms with E-state index in [1.807, 2.05) is 26.2 Å². The fourth-order valence-corrected chi connectivity index (χ4v) is 1.06. The van der Waals surface area contributed by atoms with E-state index in [1.54, 1.807) is 0 Å². The zero-order valence-corrected chi connectivity index (χ0v) is 8.58. The fraction of sp³-hybridized carbons (Fsp3) is 0.455. The standard InChI is InChI=1S/C11H17NO/c1-4-9-13-11-7-5-10(6-8-11)12(2)3/h5-8H,4,9H2,1-3H3. The molecular formula is C11H17NO. The predicted octanol–water partition coefficient (Wildman–Crippen LogP) is 2.54. The first-order valence-corrected chi connectivity index (χ1v) is 4.64. The largest absolute Gasteiger partial charge is 0.494 e. The minimum absolute atomic E-state index is 0.793. The summed E-state index contributed by atoms with van der Waals surface area (Å²) in [6, 6.07) is 8.13. The predicted molar refractivity (Wildman–Crippen MR) is 56.6 cm³/mol. The number of ether oxygens (including phenoxy) is 1. The van der Waals surface area contributed by atoms with E-state index in [4.69, 9.17) is 4.74 Å². The molecule has 0 bridgehead atoms. The molecule has 0 N–H and O–H groups in total. The van der Waals surface area contributed by atoms with E-state index >= 15 is 0 Å². The van der Waals surface area contributed by atoms with Crippen molar-refractivity contribution in [3.8, 4) is 5.75 Å². The zero-order valence-electron chi connectivity index (χ0n) is 8.58.